The molecule has 1 saturated heterocycles. The molecule has 0 spiro atoms. The van der Waals surface area contributed by atoms with Crippen LogP contribution < -0.4 is 16.2 Å². The molecule has 2 aromatic carbocycles. The fraction of sp³-hybridized carbons (Fsp3) is 0.320. The zero-order valence-corrected chi connectivity index (χ0v) is 17.6. The Labute approximate surface area is 177 Å². The zero-order chi connectivity index (χ0) is 21.1. The minimum absolute atomic E-state index is 0.138. The highest BCUT2D eigenvalue weighted by molar-refractivity contribution is 5.74. The molecule has 1 aromatic heterocycles. The number of aryl methyl sites for hydroxylation is 2. The number of nitrogens with one attached hydrogen (secondary N) is 3. The van der Waals surface area contributed by atoms with Gasteiger partial charge < -0.3 is 20.7 Å². The van der Waals surface area contributed by atoms with Gasteiger partial charge in [-0.3, -0.25) is 4.79 Å². The van der Waals surface area contributed by atoms with E-state index in [1.807, 2.05) is 25.1 Å². The lowest BCUT2D eigenvalue weighted by atomic mass is 9.97. The van der Waals surface area contributed by atoms with E-state index in [-0.39, 0.29) is 11.3 Å². The van der Waals surface area contributed by atoms with E-state index in [0.717, 1.165) is 58.8 Å². The molecule has 5 nitrogen and oxygen atoms in total. The lowest BCUT2D eigenvalue weighted by Crippen LogP contribution is -2.31. The van der Waals surface area contributed by atoms with Gasteiger partial charge in [-0.1, -0.05) is 12.1 Å². The van der Waals surface area contributed by atoms with Crippen molar-refractivity contribution < 1.29 is 5.11 Å². The molecular weight excluding hydrogens is 374 g/mol. The number of phenolic OH excluding ortho intramolecular Hbond substituents is 1. The monoisotopic (exact) mass is 403 g/mol. The van der Waals surface area contributed by atoms with Gasteiger partial charge in [-0.2, -0.15) is 0 Å². The van der Waals surface area contributed by atoms with Crippen LogP contribution in [-0.2, 0) is 0 Å². The van der Waals surface area contributed by atoms with Crippen LogP contribution in [0, 0.1) is 19.8 Å². The molecule has 0 unspecified atom stereocenters. The van der Waals surface area contributed by atoms with Gasteiger partial charge in [-0.15, -0.1) is 0 Å². The maximum absolute atomic E-state index is 12.3. The molecule has 30 heavy (non-hydrogen) atoms. The maximum Gasteiger partial charge on any atom is 0.249 e. The van der Waals surface area contributed by atoms with Crippen molar-refractivity contribution in [1.82, 2.24) is 10.3 Å². The van der Waals surface area contributed by atoms with E-state index in [2.05, 4.69) is 40.7 Å². The normalized spacial score (nSPS) is 14.6. The molecule has 3 aromatic rings. The Hall–Kier alpha value is -3.05. The molecule has 2 heterocycles. The number of hydrogen-bond donors (Lipinski definition) is 4. The van der Waals surface area contributed by atoms with E-state index in [1.54, 1.807) is 12.1 Å². The zero-order valence-electron chi connectivity index (χ0n) is 17.6. The molecule has 0 atom stereocenters. The van der Waals surface area contributed by atoms with E-state index in [9.17, 15) is 9.90 Å². The topological polar surface area (TPSA) is 77.1 Å². The summed E-state index contributed by atoms with van der Waals surface area (Å²) in [6.07, 6.45) is 2.43. The van der Waals surface area contributed by atoms with E-state index < -0.39 is 0 Å². The molecule has 4 N–H and O–H groups in total. The number of aromatic amines is 1. The quantitative estimate of drug-likeness (QED) is 0.508. The van der Waals surface area contributed by atoms with Crippen LogP contribution in [0.1, 0.15) is 24.0 Å². The molecule has 0 amide bonds. The van der Waals surface area contributed by atoms with Crippen molar-refractivity contribution >= 4 is 5.69 Å². The van der Waals surface area contributed by atoms with Crippen molar-refractivity contribution in [3.63, 3.8) is 0 Å². The first-order valence-corrected chi connectivity index (χ1v) is 10.6. The molecule has 4 rings (SSSR count). The number of phenols is 1. The number of hydrogen-bond acceptors (Lipinski definition) is 4. The highest BCUT2D eigenvalue weighted by Gasteiger charge is 2.13. The highest BCUT2D eigenvalue weighted by Crippen LogP contribution is 2.29. The van der Waals surface area contributed by atoms with Crippen LogP contribution in [0.3, 0.4) is 0 Å². The summed E-state index contributed by atoms with van der Waals surface area (Å²) in [7, 11) is 0. The second kappa shape index (κ2) is 8.76. The number of aromatic nitrogens is 1. The van der Waals surface area contributed by atoms with Crippen molar-refractivity contribution in [3.05, 3.63) is 70.0 Å². The lowest BCUT2D eigenvalue weighted by molar-refractivity contribution is 0.390. The summed E-state index contributed by atoms with van der Waals surface area (Å²) in [4.78, 5) is 15.3. The minimum Gasteiger partial charge on any atom is -0.508 e. The minimum atomic E-state index is -0.138. The average Bonchev–Trinajstić information content (AvgIpc) is 2.74. The molecular formula is C25H29N3O2. The van der Waals surface area contributed by atoms with Gasteiger partial charge in [-0.25, -0.2) is 0 Å². The van der Waals surface area contributed by atoms with Crippen LogP contribution in [-0.4, -0.2) is 29.7 Å². The Bertz CT molecular complexity index is 1100. The third-order valence-corrected chi connectivity index (χ3v) is 5.94. The van der Waals surface area contributed by atoms with Crippen LogP contribution >= 0.6 is 0 Å². The second-order valence-electron chi connectivity index (χ2n) is 8.25. The second-order valence-corrected chi connectivity index (χ2v) is 8.25. The van der Waals surface area contributed by atoms with Crippen molar-refractivity contribution in [3.8, 4) is 28.1 Å². The van der Waals surface area contributed by atoms with Crippen LogP contribution in [0.25, 0.3) is 22.4 Å². The molecule has 0 bridgehead atoms. The van der Waals surface area contributed by atoms with E-state index in [0.29, 0.717) is 5.92 Å². The number of rotatable bonds is 5. The van der Waals surface area contributed by atoms with Gasteiger partial charge in [0, 0.05) is 29.6 Å². The number of benzene rings is 2. The first kappa shape index (κ1) is 20.2. The third kappa shape index (κ3) is 4.57. The Morgan fingerprint density at radius 1 is 0.967 bits per heavy atom. The summed E-state index contributed by atoms with van der Waals surface area (Å²) in [6.45, 7) is 7.13. The summed E-state index contributed by atoms with van der Waals surface area (Å²) in [5.41, 5.74) is 6.43. The van der Waals surface area contributed by atoms with Crippen LogP contribution in [0.15, 0.2) is 53.3 Å². The van der Waals surface area contributed by atoms with Gasteiger partial charge in [0.25, 0.3) is 0 Å². The summed E-state index contributed by atoms with van der Waals surface area (Å²) < 4.78 is 0. The van der Waals surface area contributed by atoms with Gasteiger partial charge >= 0.3 is 0 Å². The Morgan fingerprint density at radius 2 is 1.77 bits per heavy atom. The average molecular weight is 404 g/mol. The summed E-state index contributed by atoms with van der Waals surface area (Å²) >= 11 is 0. The van der Waals surface area contributed by atoms with E-state index in [4.69, 9.17) is 0 Å². The van der Waals surface area contributed by atoms with Gasteiger partial charge in [0.2, 0.25) is 5.56 Å². The van der Waals surface area contributed by atoms with Crippen molar-refractivity contribution in [2.24, 2.45) is 5.92 Å². The number of anilines is 1. The highest BCUT2D eigenvalue weighted by atomic mass is 16.3. The third-order valence-electron chi connectivity index (χ3n) is 5.94. The first-order valence-electron chi connectivity index (χ1n) is 10.6. The van der Waals surface area contributed by atoms with Gasteiger partial charge in [-0.05, 0) is 98.3 Å². The predicted molar refractivity (Wildman–Crippen MR) is 123 cm³/mol. The van der Waals surface area contributed by atoms with Crippen molar-refractivity contribution in [2.75, 3.05) is 25.0 Å². The molecule has 0 radical (unpaired) electrons. The summed E-state index contributed by atoms with van der Waals surface area (Å²) in [5, 5.41) is 16.8. The van der Waals surface area contributed by atoms with Crippen LogP contribution in [0.2, 0.25) is 0 Å². The van der Waals surface area contributed by atoms with Crippen molar-refractivity contribution in [1.29, 1.82) is 0 Å². The number of pyridine rings is 1. The Balaban J connectivity index is 1.58. The molecule has 1 fully saturated rings. The Morgan fingerprint density at radius 3 is 2.50 bits per heavy atom. The standard InChI is InChI=1S/C25H29N3O2/c1-16-12-21(27-15-18-7-9-26-10-8-18)4-5-22(16)23-13-20(14-25(30)28-23)19-3-6-24(29)17(2)11-19/h3-6,11-14,18,26-27,29H,7-10,15H2,1-2H3,(H,28,30). The van der Waals surface area contributed by atoms with Crippen LogP contribution in [0.5, 0.6) is 5.75 Å². The smallest absolute Gasteiger partial charge is 0.249 e. The van der Waals surface area contributed by atoms with Gasteiger partial charge in [0.15, 0.2) is 0 Å². The SMILES string of the molecule is Cc1cc(-c2cc(-c3ccc(NCC4CCNCC4)cc3C)[nH]c(=O)c2)ccc1O. The van der Waals surface area contributed by atoms with Gasteiger partial charge in [0.1, 0.15) is 5.75 Å². The number of aromatic hydroxyl groups is 1. The maximum atomic E-state index is 12.3. The fourth-order valence-corrected chi connectivity index (χ4v) is 4.11. The molecule has 0 saturated carbocycles. The molecule has 5 heteroatoms. The number of H-pyrrole nitrogens is 1. The summed E-state index contributed by atoms with van der Waals surface area (Å²) in [5.74, 6) is 0.972. The lowest BCUT2D eigenvalue weighted by Gasteiger charge is -2.23. The summed E-state index contributed by atoms with van der Waals surface area (Å²) in [6, 6.07) is 15.3. The Kier molecular flexibility index (Phi) is 5.91. The van der Waals surface area contributed by atoms with Crippen molar-refractivity contribution in [2.45, 2.75) is 26.7 Å². The molecule has 156 valence electrons. The van der Waals surface area contributed by atoms with E-state index >= 15 is 0 Å². The fourth-order valence-electron chi connectivity index (χ4n) is 4.11. The largest absolute Gasteiger partial charge is 0.508 e. The van der Waals surface area contributed by atoms with Gasteiger partial charge in [0.05, 0.1) is 0 Å². The van der Waals surface area contributed by atoms with Crippen LogP contribution in [0.4, 0.5) is 5.69 Å². The number of piperidine rings is 1. The van der Waals surface area contributed by atoms with E-state index in [1.165, 1.54) is 12.8 Å². The molecule has 1 aliphatic heterocycles. The molecule has 1 aliphatic rings. The molecule has 0 aliphatic carbocycles. The first-order chi connectivity index (χ1) is 14.5. The predicted octanol–water partition coefficient (Wildman–Crippen LogP) is 4.44.